The smallest absolute Gasteiger partial charge is 0.123 e. The van der Waals surface area contributed by atoms with Crippen molar-refractivity contribution >= 4 is 0 Å². The van der Waals surface area contributed by atoms with Gasteiger partial charge in [0.2, 0.25) is 0 Å². The molecule has 0 bridgehead atoms. The molecule has 3 aromatic heterocycles. The van der Waals surface area contributed by atoms with Gasteiger partial charge in [-0.2, -0.15) is 5.10 Å². The van der Waals surface area contributed by atoms with Crippen molar-refractivity contribution in [2.45, 2.75) is 0 Å². The molecule has 0 N–H and O–H groups in total. The summed E-state index contributed by atoms with van der Waals surface area (Å²) in [6, 6.07) is 14.2. The second kappa shape index (κ2) is 6.28. The first-order valence-corrected chi connectivity index (χ1v) is 7.88. The van der Waals surface area contributed by atoms with E-state index in [2.05, 4.69) is 9.97 Å². The highest BCUT2D eigenvalue weighted by Gasteiger charge is 2.20. The van der Waals surface area contributed by atoms with Crippen LogP contribution in [0.15, 0.2) is 73.3 Å². The van der Waals surface area contributed by atoms with Gasteiger partial charge in [0.25, 0.3) is 0 Å². The van der Waals surface area contributed by atoms with Crippen molar-refractivity contribution in [3.05, 3.63) is 79.1 Å². The van der Waals surface area contributed by atoms with Crippen LogP contribution in [0.25, 0.3) is 33.6 Å². The Balaban J connectivity index is 2.01. The predicted octanol–water partition coefficient (Wildman–Crippen LogP) is 4.35. The van der Waals surface area contributed by atoms with Crippen LogP contribution in [0.2, 0.25) is 0 Å². The number of aryl methyl sites for hydroxylation is 1. The standard InChI is InChI=1S/C20H15FN4/c1-25-20(16-2-4-17(21)5-3-16)18(14-6-10-22-11-7-14)19(24-25)15-8-12-23-13-9-15/h2-13H,1H3. The fourth-order valence-corrected chi connectivity index (χ4v) is 2.97. The van der Waals surface area contributed by atoms with Gasteiger partial charge in [0.05, 0.1) is 5.69 Å². The normalized spacial score (nSPS) is 10.8. The maximum atomic E-state index is 13.4. The number of nitrogens with zero attached hydrogens (tertiary/aromatic N) is 4. The molecule has 4 aromatic rings. The molecule has 0 aliphatic heterocycles. The van der Waals surface area contributed by atoms with Gasteiger partial charge < -0.3 is 0 Å². The number of halogens is 1. The van der Waals surface area contributed by atoms with Crippen LogP contribution in [0.5, 0.6) is 0 Å². The molecule has 1 aromatic carbocycles. The van der Waals surface area contributed by atoms with Gasteiger partial charge in [-0.05, 0) is 54.1 Å². The summed E-state index contributed by atoms with van der Waals surface area (Å²) in [6.45, 7) is 0. The molecular formula is C20H15FN4. The quantitative estimate of drug-likeness (QED) is 0.561. The third-order valence-corrected chi connectivity index (χ3v) is 4.09. The highest BCUT2D eigenvalue weighted by atomic mass is 19.1. The van der Waals surface area contributed by atoms with E-state index in [0.29, 0.717) is 0 Å². The summed E-state index contributed by atoms with van der Waals surface area (Å²) in [4.78, 5) is 8.19. The zero-order valence-corrected chi connectivity index (χ0v) is 13.6. The molecule has 0 aliphatic rings. The Labute approximate surface area is 144 Å². The zero-order chi connectivity index (χ0) is 17.2. The van der Waals surface area contributed by atoms with Crippen LogP contribution >= 0.6 is 0 Å². The van der Waals surface area contributed by atoms with Crippen LogP contribution in [0.4, 0.5) is 4.39 Å². The average Bonchev–Trinajstić information content (AvgIpc) is 3.01. The van der Waals surface area contributed by atoms with Crippen LogP contribution in [-0.4, -0.2) is 19.7 Å². The van der Waals surface area contributed by atoms with E-state index in [0.717, 1.165) is 33.6 Å². The molecule has 4 rings (SSSR count). The highest BCUT2D eigenvalue weighted by molar-refractivity contribution is 5.91. The SMILES string of the molecule is Cn1nc(-c2ccncc2)c(-c2ccncc2)c1-c1ccc(F)cc1. The van der Waals surface area contributed by atoms with Gasteiger partial charge in [0.1, 0.15) is 11.5 Å². The fraction of sp³-hybridized carbons (Fsp3) is 0.0500. The summed E-state index contributed by atoms with van der Waals surface area (Å²) < 4.78 is 15.2. The van der Waals surface area contributed by atoms with E-state index in [1.165, 1.54) is 12.1 Å². The van der Waals surface area contributed by atoms with Crippen molar-refractivity contribution in [1.29, 1.82) is 0 Å². The second-order valence-electron chi connectivity index (χ2n) is 5.67. The number of benzene rings is 1. The number of aromatic nitrogens is 4. The molecule has 0 saturated carbocycles. The van der Waals surface area contributed by atoms with Crippen molar-refractivity contribution in [1.82, 2.24) is 19.7 Å². The lowest BCUT2D eigenvalue weighted by atomic mass is 9.97. The van der Waals surface area contributed by atoms with Crippen molar-refractivity contribution in [3.63, 3.8) is 0 Å². The maximum Gasteiger partial charge on any atom is 0.123 e. The minimum atomic E-state index is -0.259. The first-order valence-electron chi connectivity index (χ1n) is 7.88. The molecule has 3 heterocycles. The Bertz CT molecular complexity index is 993. The summed E-state index contributed by atoms with van der Waals surface area (Å²) in [5.74, 6) is -0.259. The number of hydrogen-bond acceptors (Lipinski definition) is 3. The van der Waals surface area contributed by atoms with Gasteiger partial charge in [-0.15, -0.1) is 0 Å². The first-order chi connectivity index (χ1) is 12.2. The maximum absolute atomic E-state index is 13.4. The highest BCUT2D eigenvalue weighted by Crippen LogP contribution is 2.39. The lowest BCUT2D eigenvalue weighted by Crippen LogP contribution is -1.94. The van der Waals surface area contributed by atoms with Gasteiger partial charge in [-0.3, -0.25) is 14.6 Å². The van der Waals surface area contributed by atoms with Crippen molar-refractivity contribution in [2.75, 3.05) is 0 Å². The molecule has 0 atom stereocenters. The van der Waals surface area contributed by atoms with Crippen LogP contribution in [0, 0.1) is 5.82 Å². The van der Waals surface area contributed by atoms with Crippen molar-refractivity contribution in [2.24, 2.45) is 7.05 Å². The predicted molar refractivity (Wildman–Crippen MR) is 95.1 cm³/mol. The molecule has 0 aliphatic carbocycles. The molecule has 0 amide bonds. The molecule has 4 nitrogen and oxygen atoms in total. The van der Waals surface area contributed by atoms with E-state index in [-0.39, 0.29) is 5.82 Å². The van der Waals surface area contributed by atoms with Gasteiger partial charge in [0.15, 0.2) is 0 Å². The average molecular weight is 330 g/mol. The molecule has 5 heteroatoms. The number of rotatable bonds is 3. The summed E-state index contributed by atoms with van der Waals surface area (Å²) >= 11 is 0. The summed E-state index contributed by atoms with van der Waals surface area (Å²) in [5.41, 5.74) is 5.67. The molecule has 0 saturated heterocycles. The van der Waals surface area contributed by atoms with E-state index >= 15 is 0 Å². The van der Waals surface area contributed by atoms with Crippen molar-refractivity contribution < 1.29 is 4.39 Å². The van der Waals surface area contributed by atoms with Gasteiger partial charge in [-0.25, -0.2) is 4.39 Å². The Morgan fingerprint density at radius 1 is 0.720 bits per heavy atom. The second-order valence-corrected chi connectivity index (χ2v) is 5.67. The van der Waals surface area contributed by atoms with Crippen molar-refractivity contribution in [3.8, 4) is 33.6 Å². The largest absolute Gasteiger partial charge is 0.267 e. The lowest BCUT2D eigenvalue weighted by molar-refractivity contribution is 0.628. The summed E-state index contributed by atoms with van der Waals surface area (Å²) in [5, 5.41) is 4.73. The Morgan fingerprint density at radius 3 is 1.88 bits per heavy atom. The minimum absolute atomic E-state index is 0.259. The van der Waals surface area contributed by atoms with E-state index in [1.54, 1.807) is 36.9 Å². The Hall–Kier alpha value is -3.34. The molecule has 0 spiro atoms. The summed E-state index contributed by atoms with van der Waals surface area (Å²) in [7, 11) is 1.90. The van der Waals surface area contributed by atoms with Crippen LogP contribution in [0.3, 0.4) is 0 Å². The lowest BCUT2D eigenvalue weighted by Gasteiger charge is -2.08. The first kappa shape index (κ1) is 15.2. The third-order valence-electron chi connectivity index (χ3n) is 4.09. The van der Waals surface area contributed by atoms with E-state index in [4.69, 9.17) is 5.10 Å². The molecule has 0 unspecified atom stereocenters. The topological polar surface area (TPSA) is 43.6 Å². The number of pyridine rings is 2. The van der Waals surface area contributed by atoms with Gasteiger partial charge >= 0.3 is 0 Å². The van der Waals surface area contributed by atoms with Gasteiger partial charge in [0, 0.05) is 48.5 Å². The number of hydrogen-bond donors (Lipinski definition) is 0. The van der Waals surface area contributed by atoms with E-state index in [9.17, 15) is 4.39 Å². The van der Waals surface area contributed by atoms with Crippen LogP contribution in [-0.2, 0) is 7.05 Å². The third kappa shape index (κ3) is 2.80. The van der Waals surface area contributed by atoms with E-state index in [1.807, 2.05) is 36.0 Å². The minimum Gasteiger partial charge on any atom is -0.267 e. The fourth-order valence-electron chi connectivity index (χ4n) is 2.97. The molecule has 0 fully saturated rings. The van der Waals surface area contributed by atoms with Gasteiger partial charge in [-0.1, -0.05) is 0 Å². The summed E-state index contributed by atoms with van der Waals surface area (Å²) in [6.07, 6.45) is 7.01. The Morgan fingerprint density at radius 2 is 1.28 bits per heavy atom. The zero-order valence-electron chi connectivity index (χ0n) is 13.6. The Kier molecular flexibility index (Phi) is 3.82. The molecular weight excluding hydrogens is 315 g/mol. The molecule has 0 radical (unpaired) electrons. The van der Waals surface area contributed by atoms with E-state index < -0.39 is 0 Å². The monoisotopic (exact) mass is 330 g/mol. The van der Waals surface area contributed by atoms with Crippen LogP contribution < -0.4 is 0 Å². The molecule has 122 valence electrons. The van der Waals surface area contributed by atoms with Crippen LogP contribution in [0.1, 0.15) is 0 Å². The molecule has 25 heavy (non-hydrogen) atoms.